The number of hydrogen-bond donors (Lipinski definition) is 0. The third-order valence-electron chi connectivity index (χ3n) is 3.80. The summed E-state index contributed by atoms with van der Waals surface area (Å²) in [6.45, 7) is 5.81. The Labute approximate surface area is 135 Å². The van der Waals surface area contributed by atoms with Crippen molar-refractivity contribution in [1.82, 2.24) is 0 Å². The molecule has 1 fully saturated rings. The zero-order valence-corrected chi connectivity index (χ0v) is 14.6. The van der Waals surface area contributed by atoms with Gasteiger partial charge in [0.05, 0.1) is 5.92 Å². The first-order valence-electron chi connectivity index (χ1n) is 7.25. The normalized spacial score (nSPS) is 25.3. The Bertz CT molecular complexity index is 450. The molecule has 0 aliphatic heterocycles. The monoisotopic (exact) mass is 386 g/mol. The first-order chi connectivity index (χ1) is 9.42. The first kappa shape index (κ1) is 15.8. The van der Waals surface area contributed by atoms with E-state index >= 15 is 0 Å². The van der Waals surface area contributed by atoms with Crippen LogP contribution >= 0.6 is 22.6 Å². The van der Waals surface area contributed by atoms with Gasteiger partial charge in [0.1, 0.15) is 5.60 Å². The van der Waals surface area contributed by atoms with Gasteiger partial charge in [0.2, 0.25) is 0 Å². The predicted octanol–water partition coefficient (Wildman–Crippen LogP) is 4.26. The molecule has 0 saturated heterocycles. The molecule has 0 unspecified atom stereocenters. The van der Waals surface area contributed by atoms with E-state index in [0.717, 1.165) is 17.3 Å². The largest absolute Gasteiger partial charge is 0.460 e. The summed E-state index contributed by atoms with van der Waals surface area (Å²) in [6.07, 6.45) is 2.14. The molecule has 0 heterocycles. The summed E-state index contributed by atoms with van der Waals surface area (Å²) in [4.78, 5) is 12.2. The SMILES string of the molecule is CC(C)(C)OC(=O)[C@H]1[C@@H](CI)[C@@H]1CCc1ccccc1. The molecule has 20 heavy (non-hydrogen) atoms. The molecule has 0 radical (unpaired) electrons. The van der Waals surface area contributed by atoms with Crippen LogP contribution in [-0.2, 0) is 16.0 Å². The number of carbonyl (C=O) groups excluding carboxylic acids is 1. The van der Waals surface area contributed by atoms with Gasteiger partial charge in [-0.15, -0.1) is 0 Å². The van der Waals surface area contributed by atoms with E-state index in [-0.39, 0.29) is 17.5 Å². The van der Waals surface area contributed by atoms with E-state index in [1.165, 1.54) is 5.56 Å². The maximum absolute atomic E-state index is 12.2. The smallest absolute Gasteiger partial charge is 0.310 e. The molecule has 3 atom stereocenters. The molecule has 2 rings (SSSR count). The van der Waals surface area contributed by atoms with Crippen LogP contribution in [0.5, 0.6) is 0 Å². The van der Waals surface area contributed by atoms with Gasteiger partial charge < -0.3 is 4.74 Å². The Hall–Kier alpha value is -0.580. The second-order valence-corrected chi connectivity index (χ2v) is 7.45. The molecule has 1 aliphatic rings. The summed E-state index contributed by atoms with van der Waals surface area (Å²) in [6, 6.07) is 10.5. The maximum atomic E-state index is 12.2. The summed E-state index contributed by atoms with van der Waals surface area (Å²) >= 11 is 2.39. The number of rotatable bonds is 5. The van der Waals surface area contributed by atoms with Crippen LogP contribution in [0.1, 0.15) is 32.8 Å². The van der Waals surface area contributed by atoms with E-state index in [2.05, 4.69) is 46.9 Å². The van der Waals surface area contributed by atoms with Gasteiger partial charge in [-0.05, 0) is 51.0 Å². The molecule has 2 nitrogen and oxygen atoms in total. The number of esters is 1. The number of ether oxygens (including phenoxy) is 1. The third kappa shape index (κ3) is 4.21. The van der Waals surface area contributed by atoms with Gasteiger partial charge in [-0.1, -0.05) is 52.9 Å². The topological polar surface area (TPSA) is 26.3 Å². The van der Waals surface area contributed by atoms with Crippen molar-refractivity contribution < 1.29 is 9.53 Å². The van der Waals surface area contributed by atoms with Gasteiger partial charge in [0.25, 0.3) is 0 Å². The fourth-order valence-corrected chi connectivity index (χ4v) is 3.95. The molecule has 1 aliphatic carbocycles. The molecule has 0 bridgehead atoms. The van der Waals surface area contributed by atoms with Crippen LogP contribution in [-0.4, -0.2) is 16.0 Å². The van der Waals surface area contributed by atoms with Crippen molar-refractivity contribution >= 4 is 28.6 Å². The Morgan fingerprint density at radius 3 is 2.40 bits per heavy atom. The lowest BCUT2D eigenvalue weighted by Gasteiger charge is -2.19. The van der Waals surface area contributed by atoms with Gasteiger partial charge in [-0.25, -0.2) is 0 Å². The molecule has 0 N–H and O–H groups in total. The number of aryl methyl sites for hydroxylation is 1. The van der Waals surface area contributed by atoms with Gasteiger partial charge in [0.15, 0.2) is 0 Å². The Kier molecular flexibility index (Phi) is 5.10. The lowest BCUT2D eigenvalue weighted by molar-refractivity contribution is -0.157. The first-order valence-corrected chi connectivity index (χ1v) is 8.77. The quantitative estimate of drug-likeness (QED) is 0.430. The van der Waals surface area contributed by atoms with E-state index in [9.17, 15) is 4.79 Å². The van der Waals surface area contributed by atoms with Crippen LogP contribution < -0.4 is 0 Å². The van der Waals surface area contributed by atoms with E-state index in [1.807, 2.05) is 26.8 Å². The average molecular weight is 386 g/mol. The van der Waals surface area contributed by atoms with Gasteiger partial charge in [0, 0.05) is 4.43 Å². The molecule has 110 valence electrons. The van der Waals surface area contributed by atoms with Crippen molar-refractivity contribution in [2.24, 2.45) is 17.8 Å². The van der Waals surface area contributed by atoms with Crippen LogP contribution in [0, 0.1) is 17.8 Å². The number of benzene rings is 1. The third-order valence-corrected chi connectivity index (χ3v) is 4.81. The maximum Gasteiger partial charge on any atom is 0.310 e. The summed E-state index contributed by atoms with van der Waals surface area (Å²) in [5, 5.41) is 0. The molecule has 0 spiro atoms. The number of alkyl halides is 1. The van der Waals surface area contributed by atoms with Crippen molar-refractivity contribution in [1.29, 1.82) is 0 Å². The Morgan fingerprint density at radius 2 is 1.85 bits per heavy atom. The van der Waals surface area contributed by atoms with Crippen molar-refractivity contribution in [3.8, 4) is 0 Å². The molecule has 1 saturated carbocycles. The highest BCUT2D eigenvalue weighted by Crippen LogP contribution is 2.51. The van der Waals surface area contributed by atoms with E-state index < -0.39 is 0 Å². The number of carbonyl (C=O) groups is 1. The summed E-state index contributed by atoms with van der Waals surface area (Å²) in [7, 11) is 0. The summed E-state index contributed by atoms with van der Waals surface area (Å²) in [5.74, 6) is 1.13. The lowest BCUT2D eigenvalue weighted by Crippen LogP contribution is -2.25. The molecular formula is C17H23IO2. The van der Waals surface area contributed by atoms with Gasteiger partial charge >= 0.3 is 5.97 Å². The molecule has 1 aromatic rings. The summed E-state index contributed by atoms with van der Waals surface area (Å²) < 4.78 is 6.58. The van der Waals surface area contributed by atoms with Crippen molar-refractivity contribution in [3.05, 3.63) is 35.9 Å². The van der Waals surface area contributed by atoms with Gasteiger partial charge in [-0.2, -0.15) is 0 Å². The molecule has 1 aromatic carbocycles. The zero-order chi connectivity index (χ0) is 14.8. The van der Waals surface area contributed by atoms with Crippen LogP contribution in [0.25, 0.3) is 0 Å². The lowest BCUT2D eigenvalue weighted by atomic mass is 10.1. The van der Waals surface area contributed by atoms with Gasteiger partial charge in [-0.3, -0.25) is 4.79 Å². The van der Waals surface area contributed by atoms with E-state index in [1.54, 1.807) is 0 Å². The van der Waals surface area contributed by atoms with Crippen LogP contribution in [0.4, 0.5) is 0 Å². The molecular weight excluding hydrogens is 363 g/mol. The van der Waals surface area contributed by atoms with Crippen molar-refractivity contribution in [2.75, 3.05) is 4.43 Å². The minimum absolute atomic E-state index is 0.00257. The van der Waals surface area contributed by atoms with E-state index in [4.69, 9.17) is 4.74 Å². The second-order valence-electron chi connectivity index (χ2n) is 6.57. The fourth-order valence-electron chi connectivity index (χ4n) is 2.75. The molecule has 3 heteroatoms. The average Bonchev–Trinajstić information content (AvgIpc) is 3.09. The fraction of sp³-hybridized carbons (Fsp3) is 0.588. The number of halogens is 1. The Balaban J connectivity index is 1.87. The van der Waals surface area contributed by atoms with Crippen molar-refractivity contribution in [3.63, 3.8) is 0 Å². The number of hydrogen-bond acceptors (Lipinski definition) is 2. The van der Waals surface area contributed by atoms with Crippen LogP contribution in [0.3, 0.4) is 0 Å². The van der Waals surface area contributed by atoms with E-state index in [0.29, 0.717) is 11.8 Å². The highest BCUT2D eigenvalue weighted by molar-refractivity contribution is 14.1. The highest BCUT2D eigenvalue weighted by atomic mass is 127. The summed E-state index contributed by atoms with van der Waals surface area (Å²) in [5.41, 5.74) is 0.981. The van der Waals surface area contributed by atoms with Crippen LogP contribution in [0.15, 0.2) is 30.3 Å². The molecule has 0 aromatic heterocycles. The predicted molar refractivity (Wildman–Crippen MR) is 90.0 cm³/mol. The standard InChI is InChI=1S/C17H23IO2/c1-17(2,3)20-16(19)15-13(14(15)11-18)10-9-12-7-5-4-6-8-12/h4-8,13-15H,9-11H2,1-3H3/t13-,14-,15+/m0/s1. The minimum Gasteiger partial charge on any atom is -0.460 e. The van der Waals surface area contributed by atoms with Crippen LogP contribution in [0.2, 0.25) is 0 Å². The highest BCUT2D eigenvalue weighted by Gasteiger charge is 2.54. The van der Waals surface area contributed by atoms with Crippen molar-refractivity contribution in [2.45, 2.75) is 39.2 Å². The minimum atomic E-state index is -0.376. The molecule has 0 amide bonds. The Morgan fingerprint density at radius 1 is 1.20 bits per heavy atom. The zero-order valence-electron chi connectivity index (χ0n) is 12.4. The second kappa shape index (κ2) is 6.46.